The maximum absolute atomic E-state index is 4.86. The number of hydrogen-bond acceptors (Lipinski definition) is 3. The second-order valence-corrected chi connectivity index (χ2v) is 7.53. The summed E-state index contributed by atoms with van der Waals surface area (Å²) in [5.41, 5.74) is 1.56. The summed E-state index contributed by atoms with van der Waals surface area (Å²) in [5, 5.41) is 14.9. The number of hydrogen-bond donors (Lipinski definition) is 2. The van der Waals surface area contributed by atoms with Gasteiger partial charge in [-0.25, -0.2) is 0 Å². The quantitative estimate of drug-likeness (QED) is 0.302. The Bertz CT molecular complexity index is 756. The number of aromatic nitrogens is 3. The number of rotatable bonds is 8. The lowest BCUT2D eigenvalue weighted by Gasteiger charge is -2.17. The van der Waals surface area contributed by atoms with Crippen LogP contribution in [0, 0.1) is 0 Å². The van der Waals surface area contributed by atoms with Crippen LogP contribution in [0.2, 0.25) is 0 Å². The van der Waals surface area contributed by atoms with Crippen LogP contribution in [0.15, 0.2) is 40.1 Å². The first-order valence-corrected chi connectivity index (χ1v) is 10.1. The van der Waals surface area contributed by atoms with Crippen LogP contribution in [-0.2, 0) is 18.4 Å². The topological polar surface area (TPSA) is 67.1 Å². The van der Waals surface area contributed by atoms with E-state index in [4.69, 9.17) is 4.99 Å². The van der Waals surface area contributed by atoms with Gasteiger partial charge in [-0.05, 0) is 31.4 Å². The van der Waals surface area contributed by atoms with Crippen molar-refractivity contribution in [2.24, 2.45) is 4.99 Å². The monoisotopic (exact) mass is 546 g/mol. The van der Waals surface area contributed by atoms with Crippen molar-refractivity contribution in [3.8, 4) is 0 Å². The molecule has 2 N–H and O–H groups in total. The average Bonchev–Trinajstić information content (AvgIpc) is 3.30. The third-order valence-electron chi connectivity index (χ3n) is 4.84. The molecule has 0 aliphatic heterocycles. The van der Waals surface area contributed by atoms with Crippen molar-refractivity contribution in [2.75, 3.05) is 19.6 Å². The molecule has 1 heterocycles. The fourth-order valence-corrected chi connectivity index (χ4v) is 3.87. The Hall–Kier alpha value is -1.16. The molecule has 1 aromatic heterocycles. The second-order valence-electron chi connectivity index (χ2n) is 6.68. The number of nitrogens with one attached hydrogen (secondary N) is 2. The van der Waals surface area contributed by atoms with Gasteiger partial charge in [-0.1, -0.05) is 41.1 Å². The van der Waals surface area contributed by atoms with Gasteiger partial charge in [-0.2, -0.15) is 0 Å². The summed E-state index contributed by atoms with van der Waals surface area (Å²) in [4.78, 5) is 4.86. The van der Waals surface area contributed by atoms with Crippen LogP contribution < -0.4 is 10.6 Å². The summed E-state index contributed by atoms with van der Waals surface area (Å²) >= 11 is 3.69. The smallest absolute Gasteiger partial charge is 0.191 e. The van der Waals surface area contributed by atoms with E-state index in [1.807, 2.05) is 0 Å². The maximum Gasteiger partial charge on any atom is 0.191 e. The Morgan fingerprint density at radius 3 is 2.70 bits per heavy atom. The minimum atomic E-state index is 0. The fraction of sp³-hybridized carbons (Fsp3) is 0.526. The molecule has 3 rings (SSSR count). The van der Waals surface area contributed by atoms with Gasteiger partial charge in [0.05, 0.1) is 6.54 Å². The molecule has 0 saturated heterocycles. The molecule has 0 amide bonds. The summed E-state index contributed by atoms with van der Waals surface area (Å²) in [5.74, 6) is 1.89. The van der Waals surface area contributed by atoms with Crippen molar-refractivity contribution in [1.82, 2.24) is 25.4 Å². The van der Waals surface area contributed by atoms with Crippen molar-refractivity contribution in [2.45, 2.75) is 45.1 Å². The minimum absolute atomic E-state index is 0. The predicted molar refractivity (Wildman–Crippen MR) is 124 cm³/mol. The highest BCUT2D eigenvalue weighted by Crippen LogP contribution is 2.50. The number of aryl methyl sites for hydroxylation is 1. The SMILES string of the molecule is CCNC(=NCC1(c2ccccc2Br)CC1)NCCn1cnnc1CC.I. The molecule has 1 aliphatic rings. The van der Waals surface area contributed by atoms with Gasteiger partial charge in [0.15, 0.2) is 5.96 Å². The molecule has 1 fully saturated rings. The molecular weight excluding hydrogens is 519 g/mol. The lowest BCUT2D eigenvalue weighted by molar-refractivity contribution is 0.628. The van der Waals surface area contributed by atoms with E-state index < -0.39 is 0 Å². The molecule has 0 spiro atoms. The maximum atomic E-state index is 4.86. The first kappa shape index (κ1) is 22.1. The third kappa shape index (κ3) is 5.66. The lowest BCUT2D eigenvalue weighted by Crippen LogP contribution is -2.39. The number of halogens is 2. The molecular formula is C19H28BrIN6. The molecule has 6 nitrogen and oxygen atoms in total. The van der Waals surface area contributed by atoms with E-state index in [-0.39, 0.29) is 29.4 Å². The van der Waals surface area contributed by atoms with Gasteiger partial charge in [0, 0.05) is 35.9 Å². The molecule has 1 aliphatic carbocycles. The molecule has 2 aromatic rings. The van der Waals surface area contributed by atoms with Crippen molar-refractivity contribution in [1.29, 1.82) is 0 Å². The van der Waals surface area contributed by atoms with Gasteiger partial charge in [-0.15, -0.1) is 34.2 Å². The third-order valence-corrected chi connectivity index (χ3v) is 5.53. The Balaban J connectivity index is 0.00000261. The fourth-order valence-electron chi connectivity index (χ4n) is 3.16. The van der Waals surface area contributed by atoms with Crippen LogP contribution in [-0.4, -0.2) is 40.4 Å². The van der Waals surface area contributed by atoms with Crippen molar-refractivity contribution in [3.63, 3.8) is 0 Å². The zero-order chi connectivity index (χ0) is 18.4. The molecule has 0 bridgehead atoms. The summed E-state index contributed by atoms with van der Waals surface area (Å²) in [6.45, 7) is 7.45. The molecule has 1 aromatic carbocycles. The Morgan fingerprint density at radius 2 is 2.04 bits per heavy atom. The van der Waals surface area contributed by atoms with E-state index in [1.54, 1.807) is 6.33 Å². The van der Waals surface area contributed by atoms with Gasteiger partial charge in [0.2, 0.25) is 0 Å². The minimum Gasteiger partial charge on any atom is -0.357 e. The van der Waals surface area contributed by atoms with Gasteiger partial charge in [-0.3, -0.25) is 4.99 Å². The van der Waals surface area contributed by atoms with Gasteiger partial charge >= 0.3 is 0 Å². The highest BCUT2D eigenvalue weighted by atomic mass is 127. The number of guanidine groups is 1. The largest absolute Gasteiger partial charge is 0.357 e. The number of aliphatic imine (C=N–C) groups is 1. The van der Waals surface area contributed by atoms with Crippen molar-refractivity contribution in [3.05, 3.63) is 46.5 Å². The van der Waals surface area contributed by atoms with Crippen LogP contribution in [0.4, 0.5) is 0 Å². The van der Waals surface area contributed by atoms with E-state index in [9.17, 15) is 0 Å². The van der Waals surface area contributed by atoms with E-state index in [1.165, 1.54) is 22.9 Å². The summed E-state index contributed by atoms with van der Waals surface area (Å²) in [7, 11) is 0. The Labute approximate surface area is 186 Å². The lowest BCUT2D eigenvalue weighted by atomic mass is 9.96. The predicted octanol–water partition coefficient (Wildman–Crippen LogP) is 3.51. The highest BCUT2D eigenvalue weighted by Gasteiger charge is 2.45. The zero-order valence-electron chi connectivity index (χ0n) is 15.9. The molecule has 27 heavy (non-hydrogen) atoms. The zero-order valence-corrected chi connectivity index (χ0v) is 19.8. The van der Waals surface area contributed by atoms with Crippen LogP contribution >= 0.6 is 39.9 Å². The number of benzene rings is 1. The van der Waals surface area contributed by atoms with Gasteiger partial charge < -0.3 is 15.2 Å². The van der Waals surface area contributed by atoms with Crippen LogP contribution in [0.25, 0.3) is 0 Å². The highest BCUT2D eigenvalue weighted by molar-refractivity contribution is 14.0. The summed E-state index contributed by atoms with van der Waals surface area (Å²) in [6.07, 6.45) is 5.07. The number of nitrogens with zero attached hydrogens (tertiary/aromatic N) is 4. The van der Waals surface area contributed by atoms with E-state index in [0.717, 1.165) is 44.4 Å². The van der Waals surface area contributed by atoms with Crippen LogP contribution in [0.3, 0.4) is 0 Å². The molecule has 148 valence electrons. The molecule has 0 unspecified atom stereocenters. The van der Waals surface area contributed by atoms with Crippen LogP contribution in [0.1, 0.15) is 38.1 Å². The van der Waals surface area contributed by atoms with Crippen molar-refractivity contribution >= 4 is 45.9 Å². The molecule has 0 radical (unpaired) electrons. The average molecular weight is 547 g/mol. The normalized spacial score (nSPS) is 15.1. The first-order valence-electron chi connectivity index (χ1n) is 9.32. The van der Waals surface area contributed by atoms with E-state index in [0.29, 0.717) is 0 Å². The van der Waals surface area contributed by atoms with E-state index >= 15 is 0 Å². The summed E-state index contributed by atoms with van der Waals surface area (Å²) in [6, 6.07) is 8.50. The van der Waals surface area contributed by atoms with Gasteiger partial charge in [0.1, 0.15) is 12.2 Å². The van der Waals surface area contributed by atoms with Crippen LogP contribution in [0.5, 0.6) is 0 Å². The Kier molecular flexibility index (Phi) is 8.53. The molecule has 1 saturated carbocycles. The standard InChI is InChI=1S/C19H27BrN6.HI/c1-3-17-25-24-14-26(17)12-11-22-18(21-4-2)23-13-19(9-10-19)15-7-5-6-8-16(15)20;/h5-8,14H,3-4,9-13H2,1-2H3,(H2,21,22,23);1H. The van der Waals surface area contributed by atoms with Gasteiger partial charge in [0.25, 0.3) is 0 Å². The molecule has 8 heteroatoms. The second kappa shape index (κ2) is 10.4. The molecule has 0 atom stereocenters. The first-order chi connectivity index (χ1) is 12.7. The van der Waals surface area contributed by atoms with E-state index in [2.05, 4.69) is 79.4 Å². The summed E-state index contributed by atoms with van der Waals surface area (Å²) < 4.78 is 3.27. The van der Waals surface area contributed by atoms with Crippen molar-refractivity contribution < 1.29 is 0 Å². The Morgan fingerprint density at radius 1 is 1.26 bits per heavy atom.